The number of halogens is 1. The highest BCUT2D eigenvalue weighted by molar-refractivity contribution is 9.09. The highest BCUT2D eigenvalue weighted by atomic mass is 79.9. The first-order chi connectivity index (χ1) is 15.5. The Bertz CT molecular complexity index is 815. The van der Waals surface area contributed by atoms with Gasteiger partial charge in [-0.05, 0) is 40.0 Å². The van der Waals surface area contributed by atoms with E-state index in [1.165, 1.54) is 6.08 Å². The smallest absolute Gasteiger partial charge is 0.311 e. The van der Waals surface area contributed by atoms with Gasteiger partial charge in [0.2, 0.25) is 11.8 Å². The van der Waals surface area contributed by atoms with E-state index in [0.29, 0.717) is 32.4 Å². The number of unbranched alkanes of at least 4 members (excludes halogenated alkanes) is 1. The second-order valence-electron chi connectivity index (χ2n) is 9.95. The minimum atomic E-state index is -0.700. The third kappa shape index (κ3) is 4.52. The monoisotopic (exact) mass is 542 g/mol. The number of nitrogens with zero attached hydrogens (tertiary/aromatic N) is 2. The number of ether oxygens (including phenoxy) is 1. The molecule has 3 heterocycles. The fraction of sp³-hybridized carbons (Fsp3) is 0.708. The van der Waals surface area contributed by atoms with Gasteiger partial charge in [-0.2, -0.15) is 0 Å². The molecule has 1 N–H and O–H groups in total. The molecule has 9 heteroatoms. The van der Waals surface area contributed by atoms with Crippen LogP contribution in [0.15, 0.2) is 25.3 Å². The highest BCUT2D eigenvalue weighted by Gasteiger charge is 2.76. The number of likely N-dealkylation sites (tertiary alicyclic amines) is 1. The molecule has 184 valence electrons. The van der Waals surface area contributed by atoms with Crippen LogP contribution in [0.1, 0.15) is 40.0 Å². The van der Waals surface area contributed by atoms with Gasteiger partial charge in [0, 0.05) is 35.3 Å². The summed E-state index contributed by atoms with van der Waals surface area (Å²) in [5.74, 6) is -1.89. The van der Waals surface area contributed by atoms with Gasteiger partial charge >= 0.3 is 5.97 Å². The Hall–Kier alpha value is -1.32. The number of carbonyl (C=O) groups is 3. The standard InChI is InChI=1S/C24H35BrN2O5S/c1-6-10-27(23(3,4)5)21(30)19-24-14-15(25)18(33-24)16(22(31)32-13-7-2)17(24)20(29)26(19)11-8-9-12-28/h6-7,15-19,28H,1-2,8-14H2,3-5H3/t15?,16-,17-,18-,19?,24?/m0/s1. The number of hydrogen-bond acceptors (Lipinski definition) is 6. The first-order valence-electron chi connectivity index (χ1n) is 11.5. The van der Waals surface area contributed by atoms with E-state index in [-0.39, 0.29) is 35.1 Å². The summed E-state index contributed by atoms with van der Waals surface area (Å²) in [6.07, 6.45) is 4.97. The number of alkyl halides is 1. The fourth-order valence-electron chi connectivity index (χ4n) is 5.52. The topological polar surface area (TPSA) is 87.1 Å². The molecule has 6 atom stereocenters. The number of aliphatic hydroxyl groups excluding tert-OH is 1. The average Bonchev–Trinajstić information content (AvgIpc) is 3.33. The first kappa shape index (κ1) is 26.3. The number of carbonyl (C=O) groups excluding carboxylic acids is 3. The molecule has 7 nitrogen and oxygen atoms in total. The summed E-state index contributed by atoms with van der Waals surface area (Å²) in [4.78, 5) is 44.4. The third-order valence-corrected chi connectivity index (χ3v) is 10.1. The number of aliphatic hydroxyl groups is 1. The van der Waals surface area contributed by atoms with Gasteiger partial charge in [0.25, 0.3) is 0 Å². The van der Waals surface area contributed by atoms with E-state index in [1.807, 2.05) is 20.8 Å². The van der Waals surface area contributed by atoms with Gasteiger partial charge in [0.05, 0.1) is 16.6 Å². The lowest BCUT2D eigenvalue weighted by Crippen LogP contribution is -2.59. The van der Waals surface area contributed by atoms with Crippen molar-refractivity contribution >= 4 is 45.5 Å². The normalized spacial score (nSPS) is 32.6. The van der Waals surface area contributed by atoms with Gasteiger partial charge in [-0.15, -0.1) is 18.3 Å². The van der Waals surface area contributed by atoms with E-state index in [9.17, 15) is 19.5 Å². The molecular weight excluding hydrogens is 508 g/mol. The summed E-state index contributed by atoms with van der Waals surface area (Å²) in [6, 6.07) is -0.680. The molecule has 33 heavy (non-hydrogen) atoms. The second-order valence-corrected chi connectivity index (χ2v) is 12.7. The van der Waals surface area contributed by atoms with Crippen LogP contribution in [0.3, 0.4) is 0 Å². The van der Waals surface area contributed by atoms with E-state index in [0.717, 1.165) is 0 Å². The van der Waals surface area contributed by atoms with E-state index in [4.69, 9.17) is 4.74 Å². The lowest BCUT2D eigenvalue weighted by Gasteiger charge is -2.42. The molecule has 3 fully saturated rings. The summed E-state index contributed by atoms with van der Waals surface area (Å²) in [6.45, 7) is 14.2. The Labute approximate surface area is 209 Å². The van der Waals surface area contributed by atoms with Crippen molar-refractivity contribution in [1.29, 1.82) is 0 Å². The van der Waals surface area contributed by atoms with Crippen molar-refractivity contribution in [1.82, 2.24) is 9.80 Å². The van der Waals surface area contributed by atoms with Crippen molar-refractivity contribution < 1.29 is 24.2 Å². The molecule has 0 aromatic rings. The van der Waals surface area contributed by atoms with Crippen molar-refractivity contribution in [3.8, 4) is 0 Å². The van der Waals surface area contributed by atoms with Crippen LogP contribution in [-0.2, 0) is 19.1 Å². The molecule has 3 aliphatic heterocycles. The van der Waals surface area contributed by atoms with Gasteiger partial charge in [-0.3, -0.25) is 14.4 Å². The molecule has 3 aliphatic rings. The Morgan fingerprint density at radius 1 is 1.33 bits per heavy atom. The molecule has 0 aromatic carbocycles. The second kappa shape index (κ2) is 10.1. The third-order valence-electron chi connectivity index (χ3n) is 6.83. The maximum Gasteiger partial charge on any atom is 0.311 e. The van der Waals surface area contributed by atoms with Crippen LogP contribution in [0.25, 0.3) is 0 Å². The summed E-state index contributed by atoms with van der Waals surface area (Å²) in [7, 11) is 0. The zero-order valence-corrected chi connectivity index (χ0v) is 22.1. The molecule has 2 bridgehead atoms. The maximum absolute atomic E-state index is 14.1. The lowest BCUT2D eigenvalue weighted by atomic mass is 9.71. The molecule has 0 aromatic heterocycles. The zero-order chi connectivity index (χ0) is 24.6. The molecule has 3 unspecified atom stereocenters. The molecule has 1 spiro atoms. The Kier molecular flexibility index (Phi) is 8.06. The van der Waals surface area contributed by atoms with Gasteiger partial charge in [0.15, 0.2) is 0 Å². The predicted molar refractivity (Wildman–Crippen MR) is 133 cm³/mol. The summed E-state index contributed by atoms with van der Waals surface area (Å²) < 4.78 is 4.70. The van der Waals surface area contributed by atoms with Crippen LogP contribution in [0.4, 0.5) is 0 Å². The largest absolute Gasteiger partial charge is 0.461 e. The molecular formula is C24H35BrN2O5S. The van der Waals surface area contributed by atoms with E-state index in [2.05, 4.69) is 29.1 Å². The number of rotatable bonds is 10. The Balaban J connectivity index is 2.05. The summed E-state index contributed by atoms with van der Waals surface area (Å²) >= 11 is 5.34. The van der Waals surface area contributed by atoms with Gasteiger partial charge in [-0.25, -0.2) is 0 Å². The van der Waals surface area contributed by atoms with Crippen molar-refractivity contribution in [2.45, 2.75) is 66.4 Å². The number of hydrogen-bond donors (Lipinski definition) is 1. The van der Waals surface area contributed by atoms with Crippen LogP contribution in [0, 0.1) is 11.8 Å². The molecule has 0 saturated carbocycles. The summed E-state index contributed by atoms with van der Waals surface area (Å²) in [5.41, 5.74) is -0.461. The molecule has 0 radical (unpaired) electrons. The van der Waals surface area contributed by atoms with Gasteiger partial charge in [0.1, 0.15) is 12.6 Å². The number of fused-ring (bicyclic) bond motifs is 1. The Morgan fingerprint density at radius 3 is 2.61 bits per heavy atom. The van der Waals surface area contributed by atoms with Crippen LogP contribution < -0.4 is 0 Å². The van der Waals surface area contributed by atoms with Gasteiger partial charge in [-0.1, -0.05) is 34.7 Å². The van der Waals surface area contributed by atoms with Crippen LogP contribution in [0.2, 0.25) is 0 Å². The van der Waals surface area contributed by atoms with Crippen molar-refractivity contribution in [3.05, 3.63) is 25.3 Å². The van der Waals surface area contributed by atoms with E-state index >= 15 is 0 Å². The first-order valence-corrected chi connectivity index (χ1v) is 13.3. The molecule has 0 aliphatic carbocycles. The van der Waals surface area contributed by atoms with Crippen LogP contribution >= 0.6 is 27.7 Å². The molecule has 2 amide bonds. The number of amides is 2. The molecule has 3 saturated heterocycles. The average molecular weight is 544 g/mol. The quantitative estimate of drug-likeness (QED) is 0.197. The van der Waals surface area contributed by atoms with Crippen molar-refractivity contribution in [3.63, 3.8) is 0 Å². The zero-order valence-electron chi connectivity index (χ0n) is 19.7. The highest BCUT2D eigenvalue weighted by Crippen LogP contribution is 2.68. The summed E-state index contributed by atoms with van der Waals surface area (Å²) in [5, 5.41) is 9.14. The number of thioether (sulfide) groups is 1. The van der Waals surface area contributed by atoms with Crippen molar-refractivity contribution in [2.24, 2.45) is 11.8 Å². The minimum Gasteiger partial charge on any atom is -0.461 e. The number of esters is 1. The lowest BCUT2D eigenvalue weighted by molar-refractivity contribution is -0.153. The minimum absolute atomic E-state index is 0.00279. The van der Waals surface area contributed by atoms with Crippen LogP contribution in [0.5, 0.6) is 0 Å². The fourth-order valence-corrected chi connectivity index (χ4v) is 9.12. The van der Waals surface area contributed by atoms with Crippen molar-refractivity contribution in [2.75, 3.05) is 26.3 Å². The SMILES string of the molecule is C=CCOC(=O)[C@H]1[C@H]2C(=O)N(CCCCO)C(C(=O)N(CC=C)C(C)(C)C)C23CC(Br)[C@@H]1S3. The molecule has 3 rings (SSSR count). The van der Waals surface area contributed by atoms with Gasteiger partial charge < -0.3 is 19.6 Å². The predicted octanol–water partition coefficient (Wildman–Crippen LogP) is 2.77. The van der Waals surface area contributed by atoms with E-state index < -0.39 is 34.1 Å². The van der Waals surface area contributed by atoms with E-state index in [1.54, 1.807) is 27.6 Å². The van der Waals surface area contributed by atoms with Crippen LogP contribution in [-0.4, -0.2) is 85.4 Å². The maximum atomic E-state index is 14.1. The Morgan fingerprint density at radius 2 is 2.03 bits per heavy atom.